The SMILES string of the molecule is Cc1cc(C)c(C(CN)NCC(C2CC2)C2CC2)c(C)c1. The van der Waals surface area contributed by atoms with Crippen molar-refractivity contribution in [1.82, 2.24) is 5.32 Å². The zero-order valence-electron chi connectivity index (χ0n) is 13.8. The molecule has 0 amide bonds. The van der Waals surface area contributed by atoms with Gasteiger partial charge in [0.25, 0.3) is 0 Å². The third kappa shape index (κ3) is 3.49. The second-order valence-electron chi connectivity index (χ2n) is 7.35. The topological polar surface area (TPSA) is 38.0 Å². The van der Waals surface area contributed by atoms with E-state index in [0.29, 0.717) is 12.6 Å². The van der Waals surface area contributed by atoms with E-state index in [4.69, 9.17) is 5.73 Å². The number of benzene rings is 1. The number of nitrogens with two attached hydrogens (primary N) is 1. The molecule has 2 heteroatoms. The molecule has 1 aromatic carbocycles. The lowest BCUT2D eigenvalue weighted by Crippen LogP contribution is -2.34. The minimum absolute atomic E-state index is 0.311. The molecule has 0 aliphatic heterocycles. The van der Waals surface area contributed by atoms with E-state index in [0.717, 1.165) is 24.3 Å². The van der Waals surface area contributed by atoms with Crippen molar-refractivity contribution in [3.05, 3.63) is 34.4 Å². The highest BCUT2D eigenvalue weighted by Gasteiger charge is 2.41. The fourth-order valence-electron chi connectivity index (χ4n) is 4.09. The quantitative estimate of drug-likeness (QED) is 0.803. The largest absolute Gasteiger partial charge is 0.329 e. The van der Waals surface area contributed by atoms with Gasteiger partial charge in [-0.15, -0.1) is 0 Å². The summed E-state index contributed by atoms with van der Waals surface area (Å²) in [5, 5.41) is 3.80. The fourth-order valence-corrected chi connectivity index (χ4v) is 4.09. The highest BCUT2D eigenvalue weighted by molar-refractivity contribution is 5.39. The number of hydrogen-bond acceptors (Lipinski definition) is 2. The van der Waals surface area contributed by atoms with E-state index < -0.39 is 0 Å². The van der Waals surface area contributed by atoms with Crippen LogP contribution in [0.1, 0.15) is 54.0 Å². The van der Waals surface area contributed by atoms with E-state index in [1.165, 1.54) is 47.9 Å². The number of hydrogen-bond donors (Lipinski definition) is 2. The van der Waals surface area contributed by atoms with E-state index >= 15 is 0 Å². The molecule has 2 aliphatic carbocycles. The second-order valence-corrected chi connectivity index (χ2v) is 7.35. The van der Waals surface area contributed by atoms with Crippen LogP contribution in [0.3, 0.4) is 0 Å². The maximum absolute atomic E-state index is 6.09. The molecule has 3 rings (SSSR count). The average molecular weight is 286 g/mol. The van der Waals surface area contributed by atoms with E-state index in [1.807, 2.05) is 0 Å². The highest BCUT2D eigenvalue weighted by Crippen LogP contribution is 2.49. The summed E-state index contributed by atoms with van der Waals surface area (Å²) < 4.78 is 0. The number of rotatable bonds is 7. The molecule has 0 bridgehead atoms. The number of nitrogens with one attached hydrogen (secondary N) is 1. The minimum atomic E-state index is 0.311. The third-order valence-electron chi connectivity index (χ3n) is 5.38. The van der Waals surface area contributed by atoms with Crippen LogP contribution in [0.25, 0.3) is 0 Å². The first kappa shape index (κ1) is 15.1. The van der Waals surface area contributed by atoms with Crippen LogP contribution in [-0.2, 0) is 0 Å². The first-order valence-electron chi connectivity index (χ1n) is 8.61. The Bertz CT molecular complexity index is 465. The minimum Gasteiger partial charge on any atom is -0.329 e. The van der Waals surface area contributed by atoms with Crippen LogP contribution in [0.5, 0.6) is 0 Å². The molecule has 2 aliphatic rings. The molecule has 0 spiro atoms. The normalized spacial score (nSPS) is 20.0. The van der Waals surface area contributed by atoms with E-state index in [2.05, 4.69) is 38.2 Å². The van der Waals surface area contributed by atoms with E-state index in [9.17, 15) is 0 Å². The van der Waals surface area contributed by atoms with Crippen LogP contribution in [0.15, 0.2) is 12.1 Å². The molecule has 0 radical (unpaired) electrons. The molecule has 2 fully saturated rings. The Morgan fingerprint density at radius 1 is 1.05 bits per heavy atom. The van der Waals surface area contributed by atoms with Gasteiger partial charge in [-0.2, -0.15) is 0 Å². The van der Waals surface area contributed by atoms with Crippen LogP contribution >= 0.6 is 0 Å². The molecule has 0 heterocycles. The Kier molecular flexibility index (Phi) is 4.37. The molecule has 1 unspecified atom stereocenters. The van der Waals surface area contributed by atoms with Gasteiger partial charge in [-0.25, -0.2) is 0 Å². The first-order valence-corrected chi connectivity index (χ1v) is 8.61. The van der Waals surface area contributed by atoms with E-state index in [-0.39, 0.29) is 0 Å². The molecule has 0 saturated heterocycles. The summed E-state index contributed by atoms with van der Waals surface area (Å²) in [6.07, 6.45) is 5.83. The van der Waals surface area contributed by atoms with Crippen LogP contribution in [0.2, 0.25) is 0 Å². The lowest BCUT2D eigenvalue weighted by molar-refractivity contribution is 0.357. The van der Waals surface area contributed by atoms with Gasteiger partial charge in [-0.05, 0) is 87.4 Å². The maximum Gasteiger partial charge on any atom is 0.0449 e. The van der Waals surface area contributed by atoms with Crippen molar-refractivity contribution < 1.29 is 0 Å². The Labute approximate surface area is 129 Å². The average Bonchev–Trinajstić information content (AvgIpc) is 3.28. The molecular formula is C19H30N2. The Morgan fingerprint density at radius 3 is 2.00 bits per heavy atom. The van der Waals surface area contributed by atoms with E-state index in [1.54, 1.807) is 0 Å². The van der Waals surface area contributed by atoms with Gasteiger partial charge in [-0.3, -0.25) is 0 Å². The summed E-state index contributed by atoms with van der Waals surface area (Å²) >= 11 is 0. The predicted molar refractivity (Wildman–Crippen MR) is 89.4 cm³/mol. The summed E-state index contributed by atoms with van der Waals surface area (Å²) in [5.41, 5.74) is 11.6. The van der Waals surface area contributed by atoms with Crippen LogP contribution in [-0.4, -0.2) is 13.1 Å². The van der Waals surface area contributed by atoms with Crippen LogP contribution < -0.4 is 11.1 Å². The molecule has 2 nitrogen and oxygen atoms in total. The Hall–Kier alpha value is -0.860. The van der Waals surface area contributed by atoms with Crippen molar-refractivity contribution in [2.45, 2.75) is 52.5 Å². The first-order chi connectivity index (χ1) is 10.1. The van der Waals surface area contributed by atoms with Crippen LogP contribution in [0.4, 0.5) is 0 Å². The summed E-state index contributed by atoms with van der Waals surface area (Å²) in [5.74, 6) is 2.91. The molecule has 3 N–H and O–H groups in total. The summed E-state index contributed by atoms with van der Waals surface area (Å²) in [4.78, 5) is 0. The van der Waals surface area contributed by atoms with Crippen molar-refractivity contribution in [2.75, 3.05) is 13.1 Å². The monoisotopic (exact) mass is 286 g/mol. The molecule has 2 saturated carbocycles. The standard InChI is InChI=1S/C19H30N2/c1-12-8-13(2)19(14(3)9-12)18(10-20)21-11-17(15-4-5-15)16-6-7-16/h8-9,15-18,21H,4-7,10-11,20H2,1-3H3. The lowest BCUT2D eigenvalue weighted by Gasteiger charge is -2.25. The fraction of sp³-hybridized carbons (Fsp3) is 0.684. The zero-order chi connectivity index (χ0) is 15.0. The van der Waals surface area contributed by atoms with Gasteiger partial charge in [-0.1, -0.05) is 17.7 Å². The van der Waals surface area contributed by atoms with Gasteiger partial charge < -0.3 is 11.1 Å². The van der Waals surface area contributed by atoms with Gasteiger partial charge in [0.2, 0.25) is 0 Å². The molecule has 116 valence electrons. The summed E-state index contributed by atoms with van der Waals surface area (Å²) in [7, 11) is 0. The Balaban J connectivity index is 1.69. The van der Waals surface area contributed by atoms with Crippen molar-refractivity contribution in [3.8, 4) is 0 Å². The highest BCUT2D eigenvalue weighted by atomic mass is 14.9. The zero-order valence-corrected chi connectivity index (χ0v) is 13.8. The maximum atomic E-state index is 6.09. The van der Waals surface area contributed by atoms with Crippen molar-refractivity contribution >= 4 is 0 Å². The number of aryl methyl sites for hydroxylation is 3. The van der Waals surface area contributed by atoms with Gasteiger partial charge in [0, 0.05) is 12.6 Å². The summed E-state index contributed by atoms with van der Waals surface area (Å²) in [6.45, 7) is 8.46. The Morgan fingerprint density at radius 2 is 1.57 bits per heavy atom. The molecule has 1 aromatic rings. The lowest BCUT2D eigenvalue weighted by atomic mass is 9.92. The third-order valence-corrected chi connectivity index (χ3v) is 5.38. The molecular weight excluding hydrogens is 256 g/mol. The van der Waals surface area contributed by atoms with Gasteiger partial charge in [0.1, 0.15) is 0 Å². The van der Waals surface area contributed by atoms with Gasteiger partial charge >= 0.3 is 0 Å². The van der Waals surface area contributed by atoms with Gasteiger partial charge in [0.15, 0.2) is 0 Å². The smallest absolute Gasteiger partial charge is 0.0449 e. The molecule has 21 heavy (non-hydrogen) atoms. The van der Waals surface area contributed by atoms with Crippen molar-refractivity contribution in [3.63, 3.8) is 0 Å². The second kappa shape index (κ2) is 6.10. The molecule has 0 aromatic heterocycles. The van der Waals surface area contributed by atoms with Crippen LogP contribution in [0, 0.1) is 38.5 Å². The van der Waals surface area contributed by atoms with Crippen molar-refractivity contribution in [2.24, 2.45) is 23.5 Å². The summed E-state index contributed by atoms with van der Waals surface area (Å²) in [6, 6.07) is 4.88. The predicted octanol–water partition coefficient (Wildman–Crippen LogP) is 3.64. The molecule has 1 atom stereocenters. The van der Waals surface area contributed by atoms with Gasteiger partial charge in [0.05, 0.1) is 0 Å². The van der Waals surface area contributed by atoms with Crippen molar-refractivity contribution in [1.29, 1.82) is 0 Å².